The molecule has 0 saturated carbocycles. The average molecular weight is 718 g/mol. The molecule has 7 aromatic carbocycles. The molecule has 0 fully saturated rings. The van der Waals surface area contributed by atoms with Crippen LogP contribution in [0.25, 0.3) is 106 Å². The third-order valence-electron chi connectivity index (χ3n) is 10.5. The summed E-state index contributed by atoms with van der Waals surface area (Å²) < 4.78 is 9.21. The Kier molecular flexibility index (Phi) is 7.38. The highest BCUT2D eigenvalue weighted by Crippen LogP contribution is 2.45. The van der Waals surface area contributed by atoms with Crippen LogP contribution in [0.1, 0.15) is 0 Å². The first-order valence-corrected chi connectivity index (χ1v) is 18.6. The number of pyridine rings is 1. The van der Waals surface area contributed by atoms with E-state index in [-0.39, 0.29) is 0 Å². The van der Waals surface area contributed by atoms with Gasteiger partial charge >= 0.3 is 0 Å². The number of aromatic nitrogens is 5. The summed E-state index contributed by atoms with van der Waals surface area (Å²) >= 11 is 0. The van der Waals surface area contributed by atoms with Gasteiger partial charge in [-0.2, -0.15) is 0 Å². The molecule has 0 N–H and O–H groups in total. The molecule has 0 bridgehead atoms. The highest BCUT2D eigenvalue weighted by Gasteiger charge is 2.23. The van der Waals surface area contributed by atoms with Gasteiger partial charge in [0.15, 0.2) is 17.5 Å². The van der Waals surface area contributed by atoms with E-state index in [0.29, 0.717) is 17.5 Å². The second-order valence-corrected chi connectivity index (χ2v) is 13.8. The first-order valence-electron chi connectivity index (χ1n) is 18.6. The summed E-state index contributed by atoms with van der Waals surface area (Å²) in [6.07, 6.45) is 1.94. The van der Waals surface area contributed by atoms with E-state index < -0.39 is 0 Å². The van der Waals surface area contributed by atoms with Crippen LogP contribution < -0.4 is 0 Å². The van der Waals surface area contributed by atoms with E-state index in [1.54, 1.807) is 0 Å². The summed E-state index contributed by atoms with van der Waals surface area (Å²) in [7, 11) is 0. The van der Waals surface area contributed by atoms with E-state index in [1.165, 1.54) is 0 Å². The lowest BCUT2D eigenvalue weighted by Gasteiger charge is -2.14. The molecule has 0 saturated heterocycles. The number of benzene rings is 7. The lowest BCUT2D eigenvalue weighted by molar-refractivity contribution is 0.673. The molecule has 4 heterocycles. The molecule has 6 heteroatoms. The fourth-order valence-corrected chi connectivity index (χ4v) is 7.96. The summed E-state index contributed by atoms with van der Waals surface area (Å²) in [5.41, 5.74) is 11.3. The van der Waals surface area contributed by atoms with Gasteiger partial charge in [-0.1, -0.05) is 140 Å². The summed E-state index contributed by atoms with van der Waals surface area (Å²) in [5.74, 6) is 1.72. The first-order chi connectivity index (χ1) is 27.8. The maximum absolute atomic E-state index is 6.90. The Morgan fingerprint density at radius 1 is 0.411 bits per heavy atom. The predicted octanol–water partition coefficient (Wildman–Crippen LogP) is 12.6. The Hall–Kier alpha value is -7.70. The lowest BCUT2D eigenvalue weighted by atomic mass is 9.96. The minimum atomic E-state index is 0.538. The zero-order chi connectivity index (χ0) is 37.0. The van der Waals surface area contributed by atoms with Crippen LogP contribution in [0, 0.1) is 0 Å². The highest BCUT2D eigenvalue weighted by atomic mass is 16.3. The normalized spacial score (nSPS) is 11.6. The van der Waals surface area contributed by atoms with Crippen molar-refractivity contribution in [3.05, 3.63) is 188 Å². The van der Waals surface area contributed by atoms with E-state index in [1.807, 2.05) is 103 Å². The van der Waals surface area contributed by atoms with E-state index in [2.05, 4.69) is 89.5 Å². The molecule has 11 rings (SSSR count). The van der Waals surface area contributed by atoms with Crippen molar-refractivity contribution in [2.45, 2.75) is 0 Å². The van der Waals surface area contributed by atoms with Gasteiger partial charge in [0.05, 0.1) is 22.1 Å². The topological polar surface area (TPSA) is 69.6 Å². The number of fused-ring (bicyclic) bond motifs is 7. The predicted molar refractivity (Wildman–Crippen MR) is 226 cm³/mol. The van der Waals surface area contributed by atoms with Gasteiger partial charge in [-0.15, -0.1) is 0 Å². The van der Waals surface area contributed by atoms with Crippen LogP contribution in [-0.4, -0.2) is 24.5 Å². The smallest absolute Gasteiger partial charge is 0.166 e. The molecule has 0 radical (unpaired) electrons. The molecule has 0 aliphatic carbocycles. The van der Waals surface area contributed by atoms with Crippen LogP contribution in [0.5, 0.6) is 0 Å². The minimum Gasteiger partial charge on any atom is -0.455 e. The van der Waals surface area contributed by atoms with Crippen molar-refractivity contribution < 1.29 is 4.42 Å². The van der Waals surface area contributed by atoms with Crippen molar-refractivity contribution in [2.75, 3.05) is 0 Å². The van der Waals surface area contributed by atoms with Crippen LogP contribution in [-0.2, 0) is 0 Å². The monoisotopic (exact) mass is 717 g/mol. The van der Waals surface area contributed by atoms with E-state index in [4.69, 9.17) is 24.4 Å². The molecular weight excluding hydrogens is 687 g/mol. The molecule has 0 aliphatic heterocycles. The van der Waals surface area contributed by atoms with E-state index >= 15 is 0 Å². The van der Waals surface area contributed by atoms with Gasteiger partial charge in [-0.3, -0.25) is 4.98 Å². The van der Waals surface area contributed by atoms with Gasteiger partial charge in [0, 0.05) is 55.9 Å². The summed E-state index contributed by atoms with van der Waals surface area (Å²) in [4.78, 5) is 20.6. The van der Waals surface area contributed by atoms with Gasteiger partial charge in [-0.05, 0) is 48.0 Å². The van der Waals surface area contributed by atoms with Crippen LogP contribution in [0.2, 0.25) is 0 Å². The van der Waals surface area contributed by atoms with Gasteiger partial charge in [0.25, 0.3) is 0 Å². The summed E-state index contributed by atoms with van der Waals surface area (Å²) in [6, 6.07) is 62.2. The quantitative estimate of drug-likeness (QED) is 0.171. The van der Waals surface area contributed by atoms with Crippen LogP contribution >= 0.6 is 0 Å². The molecule has 56 heavy (non-hydrogen) atoms. The summed E-state index contributed by atoms with van der Waals surface area (Å²) in [5, 5.41) is 4.22. The first kappa shape index (κ1) is 31.8. The molecule has 6 nitrogen and oxygen atoms in total. The van der Waals surface area contributed by atoms with Crippen molar-refractivity contribution in [1.29, 1.82) is 0 Å². The summed E-state index contributed by atoms with van der Waals surface area (Å²) in [6.45, 7) is 0. The molecule has 11 aromatic rings. The van der Waals surface area contributed by atoms with Crippen molar-refractivity contribution in [3.8, 4) is 62.2 Å². The maximum Gasteiger partial charge on any atom is 0.166 e. The second-order valence-electron chi connectivity index (χ2n) is 13.8. The van der Waals surface area contributed by atoms with Gasteiger partial charge in [0.2, 0.25) is 0 Å². The molecule has 0 atom stereocenters. The van der Waals surface area contributed by atoms with Crippen molar-refractivity contribution in [1.82, 2.24) is 24.5 Å². The Balaban J connectivity index is 1.20. The maximum atomic E-state index is 6.90. The molecule has 0 spiro atoms. The van der Waals surface area contributed by atoms with Gasteiger partial charge in [-0.25, -0.2) is 15.0 Å². The Morgan fingerprint density at radius 2 is 1.02 bits per heavy atom. The highest BCUT2D eigenvalue weighted by molar-refractivity contribution is 6.25. The lowest BCUT2D eigenvalue weighted by Crippen LogP contribution is -2.02. The zero-order valence-corrected chi connectivity index (χ0v) is 30.0. The molecule has 0 amide bonds. The SMILES string of the molecule is c1ccc(-c2cnc(-c3cccc4oc5c(ccc6c5c5ccccc5n6-c5ccccc5)c34)c(-c3nc(-c4ccccc4)nc(-c4ccccc4)n3)c2)cc1. The Bertz CT molecular complexity index is 3170. The average Bonchev–Trinajstić information content (AvgIpc) is 3.83. The third-order valence-corrected chi connectivity index (χ3v) is 10.5. The van der Waals surface area contributed by atoms with Crippen LogP contribution in [0.15, 0.2) is 193 Å². The number of para-hydroxylation sites is 2. The standard InChI is InChI=1S/C50H31N5O/c1-5-16-32(17-6-1)35-30-40(50-53-48(33-18-7-2-8-19-33)52-49(54-50)34-20-9-3-10-21-34)46(51-31-35)38-25-15-27-43-44(38)39-28-29-42-45(47(39)56-43)37-24-13-14-26-41(37)55(42)36-22-11-4-12-23-36/h1-31H. The third kappa shape index (κ3) is 5.19. The van der Waals surface area contributed by atoms with Crippen molar-refractivity contribution in [2.24, 2.45) is 0 Å². The second kappa shape index (κ2) is 13.0. The largest absolute Gasteiger partial charge is 0.455 e. The minimum absolute atomic E-state index is 0.538. The van der Waals surface area contributed by atoms with Gasteiger partial charge in [0.1, 0.15) is 11.2 Å². The molecular formula is C50H31N5O. The zero-order valence-electron chi connectivity index (χ0n) is 30.0. The molecule has 262 valence electrons. The van der Waals surface area contributed by atoms with Crippen molar-refractivity contribution in [3.63, 3.8) is 0 Å². The Morgan fingerprint density at radius 3 is 1.71 bits per heavy atom. The number of rotatable bonds is 6. The van der Waals surface area contributed by atoms with Crippen LogP contribution in [0.4, 0.5) is 0 Å². The number of hydrogen-bond donors (Lipinski definition) is 0. The van der Waals surface area contributed by atoms with Crippen molar-refractivity contribution >= 4 is 43.7 Å². The fraction of sp³-hybridized carbons (Fsp3) is 0. The fourth-order valence-electron chi connectivity index (χ4n) is 7.96. The molecule has 0 aliphatic rings. The van der Waals surface area contributed by atoms with Crippen LogP contribution in [0.3, 0.4) is 0 Å². The molecule has 4 aromatic heterocycles. The Labute approximate surface area is 322 Å². The number of hydrogen-bond acceptors (Lipinski definition) is 5. The van der Waals surface area contributed by atoms with E-state index in [9.17, 15) is 0 Å². The number of furan rings is 1. The van der Waals surface area contributed by atoms with Gasteiger partial charge < -0.3 is 8.98 Å². The van der Waals surface area contributed by atoms with E-state index in [0.717, 1.165) is 88.5 Å². The molecule has 0 unspecified atom stereocenters. The number of nitrogens with zero attached hydrogens (tertiary/aromatic N) is 5.